The van der Waals surface area contributed by atoms with Crippen molar-refractivity contribution in [2.45, 2.75) is 13.8 Å². The molecule has 0 aliphatic rings. The van der Waals surface area contributed by atoms with Crippen LogP contribution in [-0.4, -0.2) is 35.5 Å². The molecular formula is C21H21N3O4. The number of ether oxygens (including phenoxy) is 2. The largest absolute Gasteiger partial charge is 0.466 e. The first-order chi connectivity index (χ1) is 13.4. The normalized spacial score (nSPS) is 11.4. The van der Waals surface area contributed by atoms with Gasteiger partial charge < -0.3 is 19.2 Å². The number of carbonyl (C=O) groups is 2. The zero-order valence-electron chi connectivity index (χ0n) is 16.1. The Morgan fingerprint density at radius 2 is 1.89 bits per heavy atom. The molecular weight excluding hydrogens is 358 g/mol. The Kier molecular flexibility index (Phi) is 5.44. The topological polar surface area (TPSA) is 81.9 Å². The van der Waals surface area contributed by atoms with Crippen molar-refractivity contribution >= 4 is 23.3 Å². The molecule has 0 saturated carbocycles. The van der Waals surface area contributed by atoms with Gasteiger partial charge in [0.15, 0.2) is 0 Å². The molecule has 0 aliphatic heterocycles. The highest BCUT2D eigenvalue weighted by molar-refractivity contribution is 5.99. The maximum Gasteiger partial charge on any atom is 0.354 e. The standard InChI is InChI=1S/C21H21N3O4/c1-13-7-8-24-12-18(23-19(24)9-13)15-6-5-14(2)16(10-15)22-17(21(26)28-4)11-20(25)27-3/h5-12,22H,1-4H3/b17-11+. The van der Waals surface area contributed by atoms with Crippen LogP contribution in [0, 0.1) is 13.8 Å². The highest BCUT2D eigenvalue weighted by atomic mass is 16.5. The summed E-state index contributed by atoms with van der Waals surface area (Å²) in [7, 11) is 2.49. The molecule has 0 aliphatic carbocycles. The van der Waals surface area contributed by atoms with Gasteiger partial charge in [-0.25, -0.2) is 14.6 Å². The maximum atomic E-state index is 12.0. The van der Waals surface area contributed by atoms with Crippen molar-refractivity contribution in [2.24, 2.45) is 0 Å². The van der Waals surface area contributed by atoms with Gasteiger partial charge in [-0.1, -0.05) is 12.1 Å². The van der Waals surface area contributed by atoms with Crippen LogP contribution in [0.25, 0.3) is 16.9 Å². The van der Waals surface area contributed by atoms with E-state index in [0.717, 1.165) is 34.1 Å². The van der Waals surface area contributed by atoms with E-state index < -0.39 is 11.9 Å². The Balaban J connectivity index is 1.99. The summed E-state index contributed by atoms with van der Waals surface area (Å²) in [5.41, 5.74) is 5.19. The molecule has 0 spiro atoms. The number of hydrogen-bond acceptors (Lipinski definition) is 6. The predicted octanol–water partition coefficient (Wildman–Crippen LogP) is 3.26. The van der Waals surface area contributed by atoms with Crippen LogP contribution in [0.4, 0.5) is 5.69 Å². The summed E-state index contributed by atoms with van der Waals surface area (Å²) in [5.74, 6) is -1.32. The number of carbonyl (C=O) groups excluding carboxylic acids is 2. The van der Waals surface area contributed by atoms with Crippen molar-refractivity contribution in [3.05, 3.63) is 65.6 Å². The smallest absolute Gasteiger partial charge is 0.354 e. The van der Waals surface area contributed by atoms with Crippen LogP contribution < -0.4 is 5.32 Å². The van der Waals surface area contributed by atoms with Gasteiger partial charge in [-0.2, -0.15) is 0 Å². The third-order valence-corrected chi connectivity index (χ3v) is 4.29. The molecule has 0 fully saturated rings. The molecule has 7 nitrogen and oxygen atoms in total. The van der Waals surface area contributed by atoms with Crippen LogP contribution in [0.3, 0.4) is 0 Å². The Morgan fingerprint density at radius 3 is 2.61 bits per heavy atom. The van der Waals surface area contributed by atoms with E-state index in [1.165, 1.54) is 14.2 Å². The van der Waals surface area contributed by atoms with Crippen molar-refractivity contribution in [3.8, 4) is 11.3 Å². The number of fused-ring (bicyclic) bond motifs is 1. The highest BCUT2D eigenvalue weighted by Gasteiger charge is 2.15. The van der Waals surface area contributed by atoms with E-state index in [4.69, 9.17) is 4.74 Å². The highest BCUT2D eigenvalue weighted by Crippen LogP contribution is 2.26. The molecule has 0 saturated heterocycles. The van der Waals surface area contributed by atoms with Crippen molar-refractivity contribution in [2.75, 3.05) is 19.5 Å². The summed E-state index contributed by atoms with van der Waals surface area (Å²) in [6.45, 7) is 3.91. The van der Waals surface area contributed by atoms with Gasteiger partial charge in [-0.15, -0.1) is 0 Å². The fraction of sp³-hybridized carbons (Fsp3) is 0.190. The SMILES string of the molecule is COC(=O)/C=C(/Nc1cc(-c2cn3ccc(C)cc3n2)ccc1C)C(=O)OC. The van der Waals surface area contributed by atoms with Gasteiger partial charge in [-0.3, -0.25) is 0 Å². The summed E-state index contributed by atoms with van der Waals surface area (Å²) >= 11 is 0. The first-order valence-corrected chi connectivity index (χ1v) is 8.62. The lowest BCUT2D eigenvalue weighted by Crippen LogP contribution is -2.16. The van der Waals surface area contributed by atoms with E-state index in [2.05, 4.69) is 15.0 Å². The van der Waals surface area contributed by atoms with Crippen LogP contribution in [0.15, 0.2) is 54.5 Å². The Morgan fingerprint density at radius 1 is 1.11 bits per heavy atom. The molecule has 144 valence electrons. The average molecular weight is 379 g/mol. The third-order valence-electron chi connectivity index (χ3n) is 4.29. The minimum atomic E-state index is -0.668. The molecule has 0 bridgehead atoms. The number of hydrogen-bond donors (Lipinski definition) is 1. The number of aryl methyl sites for hydroxylation is 2. The van der Waals surface area contributed by atoms with Gasteiger partial charge in [0, 0.05) is 23.6 Å². The molecule has 7 heteroatoms. The molecule has 2 aromatic heterocycles. The number of nitrogens with zero attached hydrogens (tertiary/aromatic N) is 2. The fourth-order valence-corrected chi connectivity index (χ4v) is 2.72. The van der Waals surface area contributed by atoms with Crippen molar-refractivity contribution in [3.63, 3.8) is 0 Å². The summed E-state index contributed by atoms with van der Waals surface area (Å²) in [6, 6.07) is 9.76. The minimum Gasteiger partial charge on any atom is -0.466 e. The molecule has 0 amide bonds. The lowest BCUT2D eigenvalue weighted by atomic mass is 10.1. The van der Waals surface area contributed by atoms with Crippen LogP contribution in [0.2, 0.25) is 0 Å². The Labute approximate surface area is 162 Å². The molecule has 1 N–H and O–H groups in total. The van der Waals surface area contributed by atoms with Gasteiger partial charge in [0.05, 0.1) is 26.0 Å². The van der Waals surface area contributed by atoms with E-state index >= 15 is 0 Å². The number of methoxy groups -OCH3 is 2. The van der Waals surface area contributed by atoms with Crippen molar-refractivity contribution < 1.29 is 19.1 Å². The number of aromatic nitrogens is 2. The van der Waals surface area contributed by atoms with Crippen LogP contribution in [0.5, 0.6) is 0 Å². The molecule has 3 aromatic rings. The van der Waals surface area contributed by atoms with Crippen molar-refractivity contribution in [1.82, 2.24) is 9.38 Å². The van der Waals surface area contributed by atoms with E-state index in [1.807, 2.05) is 61.0 Å². The number of pyridine rings is 1. The molecule has 0 unspecified atom stereocenters. The van der Waals surface area contributed by atoms with Gasteiger partial charge in [-0.05, 0) is 43.2 Å². The lowest BCUT2D eigenvalue weighted by Gasteiger charge is -2.12. The number of anilines is 1. The van der Waals surface area contributed by atoms with Crippen molar-refractivity contribution in [1.29, 1.82) is 0 Å². The molecule has 28 heavy (non-hydrogen) atoms. The zero-order valence-corrected chi connectivity index (χ0v) is 16.1. The first-order valence-electron chi connectivity index (χ1n) is 8.62. The summed E-state index contributed by atoms with van der Waals surface area (Å²) in [6.07, 6.45) is 4.96. The maximum absolute atomic E-state index is 12.0. The molecule has 0 radical (unpaired) electrons. The third kappa shape index (κ3) is 4.03. The average Bonchev–Trinajstić information content (AvgIpc) is 3.11. The summed E-state index contributed by atoms with van der Waals surface area (Å²) < 4.78 is 11.3. The molecule has 3 rings (SSSR count). The number of rotatable bonds is 5. The first kappa shape index (κ1) is 19.2. The molecule has 1 aromatic carbocycles. The second kappa shape index (κ2) is 7.96. The van der Waals surface area contributed by atoms with E-state index in [0.29, 0.717) is 5.69 Å². The van der Waals surface area contributed by atoms with E-state index in [9.17, 15) is 9.59 Å². The van der Waals surface area contributed by atoms with Crippen LogP contribution in [0.1, 0.15) is 11.1 Å². The second-order valence-electron chi connectivity index (χ2n) is 6.32. The van der Waals surface area contributed by atoms with Gasteiger partial charge in [0.2, 0.25) is 0 Å². The fourth-order valence-electron chi connectivity index (χ4n) is 2.72. The monoisotopic (exact) mass is 379 g/mol. The molecule has 0 atom stereocenters. The Hall–Kier alpha value is -3.61. The minimum absolute atomic E-state index is 0.0137. The van der Waals surface area contributed by atoms with Gasteiger partial charge >= 0.3 is 11.9 Å². The number of imidazole rings is 1. The zero-order chi connectivity index (χ0) is 20.3. The molecule has 2 heterocycles. The van der Waals surface area contributed by atoms with E-state index in [1.54, 1.807) is 0 Å². The second-order valence-corrected chi connectivity index (χ2v) is 6.32. The summed E-state index contributed by atoms with van der Waals surface area (Å²) in [5, 5.41) is 2.97. The van der Waals surface area contributed by atoms with E-state index in [-0.39, 0.29) is 5.70 Å². The summed E-state index contributed by atoms with van der Waals surface area (Å²) in [4.78, 5) is 28.2. The number of nitrogens with one attached hydrogen (secondary N) is 1. The number of esters is 2. The lowest BCUT2D eigenvalue weighted by molar-refractivity contribution is -0.138. The predicted molar refractivity (Wildman–Crippen MR) is 106 cm³/mol. The number of benzene rings is 1. The Bertz CT molecular complexity index is 1080. The van der Waals surface area contributed by atoms with Gasteiger partial charge in [0.25, 0.3) is 0 Å². The van der Waals surface area contributed by atoms with Crippen LogP contribution >= 0.6 is 0 Å². The van der Waals surface area contributed by atoms with Gasteiger partial charge in [0.1, 0.15) is 11.3 Å². The quantitative estimate of drug-likeness (QED) is 0.541. The van der Waals surface area contributed by atoms with Crippen LogP contribution in [-0.2, 0) is 19.1 Å².